The molecule has 0 bridgehead atoms. The Labute approximate surface area is 204 Å². The largest absolute Gasteiger partial charge is 0.378 e. The highest BCUT2D eigenvalue weighted by Crippen LogP contribution is 2.28. The van der Waals surface area contributed by atoms with Crippen molar-refractivity contribution in [3.05, 3.63) is 59.4 Å². The number of likely N-dealkylation sites (tertiary alicyclic amines) is 1. The molecule has 2 saturated heterocycles. The maximum absolute atomic E-state index is 12.8. The fraction of sp³-hybridized carbons (Fsp3) is 0.400. The van der Waals surface area contributed by atoms with E-state index in [9.17, 15) is 4.79 Å². The summed E-state index contributed by atoms with van der Waals surface area (Å²) in [6.07, 6.45) is 1.87. The van der Waals surface area contributed by atoms with Crippen LogP contribution in [-0.2, 0) is 9.53 Å². The fourth-order valence-corrected chi connectivity index (χ4v) is 4.73. The zero-order chi connectivity index (χ0) is 23.3. The molecule has 3 aromatic rings. The first-order valence-corrected chi connectivity index (χ1v) is 12.2. The van der Waals surface area contributed by atoms with Crippen LogP contribution in [-0.4, -0.2) is 71.9 Å². The van der Waals surface area contributed by atoms with Gasteiger partial charge in [-0.25, -0.2) is 4.98 Å². The van der Waals surface area contributed by atoms with E-state index in [4.69, 9.17) is 21.3 Å². The van der Waals surface area contributed by atoms with Gasteiger partial charge >= 0.3 is 0 Å². The highest BCUT2D eigenvalue weighted by atomic mass is 35.5. The maximum atomic E-state index is 12.8. The van der Waals surface area contributed by atoms with Crippen LogP contribution in [0.1, 0.15) is 24.6 Å². The topological polar surface area (TPSA) is 86.4 Å². The molecule has 9 heteroatoms. The van der Waals surface area contributed by atoms with Gasteiger partial charge in [0.05, 0.1) is 31.1 Å². The standard InChI is InChI=1S/C25H29ClN6O2/c26-20-7-5-18(6-8-20)24-28-25(30-29-24)19-9-11-31(12-10-19)17-23(33)27-21-3-1-2-4-22(21)32-13-15-34-16-14-32/h1-8,19H,9-17H2,(H,27,33)(H,28,29,30). The first-order chi connectivity index (χ1) is 16.7. The highest BCUT2D eigenvalue weighted by Gasteiger charge is 2.25. The number of H-pyrrole nitrogens is 1. The number of para-hydroxylation sites is 2. The third-order valence-corrected chi connectivity index (χ3v) is 6.73. The molecule has 0 unspecified atom stereocenters. The minimum atomic E-state index is 0.0175. The van der Waals surface area contributed by atoms with Crippen molar-refractivity contribution in [2.45, 2.75) is 18.8 Å². The van der Waals surface area contributed by atoms with Gasteiger partial charge in [0, 0.05) is 29.6 Å². The molecule has 0 radical (unpaired) electrons. The summed E-state index contributed by atoms with van der Waals surface area (Å²) in [5, 5.41) is 11.3. The number of ether oxygens (including phenoxy) is 1. The molecule has 0 saturated carbocycles. The number of benzene rings is 2. The number of hydrogen-bond acceptors (Lipinski definition) is 6. The minimum absolute atomic E-state index is 0.0175. The molecule has 34 heavy (non-hydrogen) atoms. The highest BCUT2D eigenvalue weighted by molar-refractivity contribution is 6.30. The molecule has 0 spiro atoms. The van der Waals surface area contributed by atoms with E-state index < -0.39 is 0 Å². The normalized spacial score (nSPS) is 17.6. The number of amides is 1. The quantitative estimate of drug-likeness (QED) is 0.558. The van der Waals surface area contributed by atoms with Crippen molar-refractivity contribution < 1.29 is 9.53 Å². The van der Waals surface area contributed by atoms with E-state index in [1.807, 2.05) is 42.5 Å². The predicted molar refractivity (Wildman–Crippen MR) is 133 cm³/mol. The SMILES string of the molecule is O=C(CN1CCC(c2nc(-c3ccc(Cl)cc3)n[nH]2)CC1)Nc1ccccc1N1CCOCC1. The second kappa shape index (κ2) is 10.5. The van der Waals surface area contributed by atoms with Crippen molar-refractivity contribution in [3.63, 3.8) is 0 Å². The van der Waals surface area contributed by atoms with E-state index in [1.165, 1.54) is 0 Å². The second-order valence-corrected chi connectivity index (χ2v) is 9.20. The van der Waals surface area contributed by atoms with E-state index in [0.29, 0.717) is 36.5 Å². The van der Waals surface area contributed by atoms with Gasteiger partial charge in [-0.05, 0) is 62.3 Å². The summed E-state index contributed by atoms with van der Waals surface area (Å²) < 4.78 is 5.46. The molecule has 5 rings (SSSR count). The number of anilines is 2. The fourth-order valence-electron chi connectivity index (χ4n) is 4.60. The molecule has 2 fully saturated rings. The van der Waals surface area contributed by atoms with Crippen molar-refractivity contribution >= 4 is 28.9 Å². The smallest absolute Gasteiger partial charge is 0.238 e. The summed E-state index contributed by atoms with van der Waals surface area (Å²) in [4.78, 5) is 22.0. The second-order valence-electron chi connectivity index (χ2n) is 8.77. The van der Waals surface area contributed by atoms with Gasteiger partial charge in [-0.2, -0.15) is 5.10 Å². The van der Waals surface area contributed by atoms with Gasteiger partial charge in [-0.1, -0.05) is 23.7 Å². The summed E-state index contributed by atoms with van der Waals surface area (Å²) in [7, 11) is 0. The predicted octanol–water partition coefficient (Wildman–Crippen LogP) is 3.78. The van der Waals surface area contributed by atoms with Crippen molar-refractivity contribution in [2.24, 2.45) is 0 Å². The van der Waals surface area contributed by atoms with E-state index in [1.54, 1.807) is 0 Å². The van der Waals surface area contributed by atoms with Crippen LogP contribution in [0.5, 0.6) is 0 Å². The average Bonchev–Trinajstić information content (AvgIpc) is 3.36. The monoisotopic (exact) mass is 480 g/mol. The molecular formula is C25H29ClN6O2. The van der Waals surface area contributed by atoms with Gasteiger partial charge in [-0.3, -0.25) is 14.8 Å². The number of aromatic amines is 1. The Morgan fingerprint density at radius 3 is 2.56 bits per heavy atom. The van der Waals surface area contributed by atoms with Crippen LogP contribution < -0.4 is 10.2 Å². The Bertz CT molecular complexity index is 1100. The number of nitrogens with one attached hydrogen (secondary N) is 2. The van der Waals surface area contributed by atoms with Crippen LogP contribution in [0.2, 0.25) is 5.02 Å². The lowest BCUT2D eigenvalue weighted by Crippen LogP contribution is -2.39. The molecule has 1 amide bonds. The Balaban J connectivity index is 1.14. The number of hydrogen-bond donors (Lipinski definition) is 2. The number of piperidine rings is 1. The van der Waals surface area contributed by atoms with Crippen LogP contribution in [0, 0.1) is 0 Å². The first-order valence-electron chi connectivity index (χ1n) is 11.8. The van der Waals surface area contributed by atoms with E-state index >= 15 is 0 Å². The van der Waals surface area contributed by atoms with Gasteiger partial charge in [0.25, 0.3) is 0 Å². The molecule has 178 valence electrons. The Morgan fingerprint density at radius 2 is 1.79 bits per heavy atom. The molecule has 2 aromatic carbocycles. The van der Waals surface area contributed by atoms with E-state index in [0.717, 1.165) is 61.8 Å². The Kier molecular flexibility index (Phi) is 7.08. The van der Waals surface area contributed by atoms with Crippen LogP contribution in [0.4, 0.5) is 11.4 Å². The summed E-state index contributed by atoms with van der Waals surface area (Å²) in [6.45, 7) is 5.17. The van der Waals surface area contributed by atoms with Crippen LogP contribution in [0.25, 0.3) is 11.4 Å². The lowest BCUT2D eigenvalue weighted by atomic mass is 9.96. The van der Waals surface area contributed by atoms with Gasteiger partial charge in [-0.15, -0.1) is 0 Å². The summed E-state index contributed by atoms with van der Waals surface area (Å²) in [5.74, 6) is 1.93. The average molecular weight is 481 g/mol. The summed E-state index contributed by atoms with van der Waals surface area (Å²) in [6, 6.07) is 15.5. The molecular weight excluding hydrogens is 452 g/mol. The number of carbonyl (C=O) groups is 1. The summed E-state index contributed by atoms with van der Waals surface area (Å²) >= 11 is 5.98. The molecule has 0 atom stereocenters. The lowest BCUT2D eigenvalue weighted by Gasteiger charge is -2.32. The maximum Gasteiger partial charge on any atom is 0.238 e. The number of morpholine rings is 1. The van der Waals surface area contributed by atoms with Gasteiger partial charge in [0.1, 0.15) is 5.82 Å². The molecule has 2 aliphatic rings. The number of nitrogens with zero attached hydrogens (tertiary/aromatic N) is 4. The number of carbonyl (C=O) groups excluding carboxylic acids is 1. The van der Waals surface area contributed by atoms with E-state index in [2.05, 4.69) is 31.4 Å². The molecule has 0 aliphatic carbocycles. The van der Waals surface area contributed by atoms with E-state index in [-0.39, 0.29) is 5.91 Å². The molecule has 3 heterocycles. The van der Waals surface area contributed by atoms with Crippen molar-refractivity contribution in [3.8, 4) is 11.4 Å². The third kappa shape index (κ3) is 5.41. The first kappa shape index (κ1) is 22.8. The van der Waals surface area contributed by atoms with Crippen LogP contribution in [0.15, 0.2) is 48.5 Å². The Morgan fingerprint density at radius 1 is 1.06 bits per heavy atom. The van der Waals surface area contributed by atoms with Gasteiger partial charge in [0.15, 0.2) is 5.82 Å². The molecule has 2 aliphatic heterocycles. The van der Waals surface area contributed by atoms with Gasteiger partial charge in [0.2, 0.25) is 5.91 Å². The van der Waals surface area contributed by atoms with Crippen LogP contribution in [0.3, 0.4) is 0 Å². The number of aromatic nitrogens is 3. The molecule has 1 aromatic heterocycles. The third-order valence-electron chi connectivity index (χ3n) is 6.48. The number of rotatable bonds is 6. The Hall–Kier alpha value is -2.94. The molecule has 2 N–H and O–H groups in total. The zero-order valence-corrected chi connectivity index (χ0v) is 19.8. The molecule has 8 nitrogen and oxygen atoms in total. The van der Waals surface area contributed by atoms with Crippen molar-refractivity contribution in [2.75, 3.05) is 56.2 Å². The number of halogens is 1. The van der Waals surface area contributed by atoms with Crippen molar-refractivity contribution in [1.82, 2.24) is 20.1 Å². The summed E-state index contributed by atoms with van der Waals surface area (Å²) in [5.41, 5.74) is 2.86. The van der Waals surface area contributed by atoms with Crippen LogP contribution >= 0.6 is 11.6 Å². The lowest BCUT2D eigenvalue weighted by molar-refractivity contribution is -0.117. The zero-order valence-electron chi connectivity index (χ0n) is 19.0. The van der Waals surface area contributed by atoms with Crippen molar-refractivity contribution in [1.29, 1.82) is 0 Å². The van der Waals surface area contributed by atoms with Gasteiger partial charge < -0.3 is 15.0 Å². The minimum Gasteiger partial charge on any atom is -0.378 e.